The van der Waals surface area contributed by atoms with Crippen molar-refractivity contribution in [1.82, 2.24) is 5.32 Å². The van der Waals surface area contributed by atoms with Crippen LogP contribution in [0.1, 0.15) is 142 Å². The maximum Gasteiger partial charge on any atom is 0.266 e. The molecule has 0 heterocycles. The molecule has 0 aliphatic heterocycles. The van der Waals surface area contributed by atoms with Crippen LogP contribution in [-0.2, 0) is 14.9 Å². The summed E-state index contributed by atoms with van der Waals surface area (Å²) in [5, 5.41) is 13.2. The molecule has 1 amide bonds. The number of allylic oxidation sites excluding steroid dienone is 8. The highest BCUT2D eigenvalue weighted by Gasteiger charge is 2.25. The second-order valence-electron chi connectivity index (χ2n) is 11.1. The molecule has 2 unspecified atom stereocenters. The third-order valence-corrected chi connectivity index (χ3v) is 7.83. The SMILES string of the molecule is CC/C=C\C/C=C\C/C=C\C/C=C\CCCCC(=O)NC(CS(=O)(=O)O)C(O)CCCCCCCCCCCCC. The minimum atomic E-state index is -4.31. The molecule has 0 saturated heterocycles. The van der Waals surface area contributed by atoms with E-state index in [9.17, 15) is 22.9 Å². The smallest absolute Gasteiger partial charge is 0.266 e. The Kier molecular flexibility index (Phi) is 27.2. The molecule has 2 atom stereocenters. The van der Waals surface area contributed by atoms with Crippen molar-refractivity contribution >= 4 is 16.0 Å². The molecular weight excluding hydrogens is 534 g/mol. The van der Waals surface area contributed by atoms with Crippen LogP contribution in [0.2, 0.25) is 0 Å². The van der Waals surface area contributed by atoms with E-state index in [1.807, 2.05) is 0 Å². The topological polar surface area (TPSA) is 104 Å². The first-order chi connectivity index (χ1) is 19.8. The Morgan fingerprint density at radius 2 is 1.17 bits per heavy atom. The molecule has 0 radical (unpaired) electrons. The molecule has 6 nitrogen and oxygen atoms in total. The molecule has 0 aromatic heterocycles. The zero-order chi connectivity index (χ0) is 30.4. The van der Waals surface area contributed by atoms with Gasteiger partial charge in [-0.2, -0.15) is 8.42 Å². The van der Waals surface area contributed by atoms with Crippen LogP contribution >= 0.6 is 0 Å². The highest BCUT2D eigenvalue weighted by Crippen LogP contribution is 2.14. The van der Waals surface area contributed by atoms with E-state index in [1.54, 1.807) is 0 Å². The molecule has 41 heavy (non-hydrogen) atoms. The second-order valence-corrected chi connectivity index (χ2v) is 12.6. The summed E-state index contributed by atoms with van der Waals surface area (Å²) in [6, 6.07) is -0.991. The minimum absolute atomic E-state index is 0.265. The zero-order valence-electron chi connectivity index (χ0n) is 26.2. The normalized spacial score (nSPS) is 14.1. The van der Waals surface area contributed by atoms with E-state index in [4.69, 9.17) is 0 Å². The first-order valence-electron chi connectivity index (χ1n) is 16.3. The summed E-state index contributed by atoms with van der Waals surface area (Å²) in [6.45, 7) is 4.36. The number of aliphatic hydroxyl groups excluding tert-OH is 1. The molecule has 3 N–H and O–H groups in total. The van der Waals surface area contributed by atoms with Crippen molar-refractivity contribution < 1.29 is 22.9 Å². The number of hydrogen-bond donors (Lipinski definition) is 3. The largest absolute Gasteiger partial charge is 0.391 e. The zero-order valence-corrected chi connectivity index (χ0v) is 27.0. The standard InChI is InChI=1S/C34H61NO5S/c1-3-5-7-9-11-13-15-16-17-18-20-22-24-26-28-30-34(37)35-32(31-41(38,39)40)33(36)29-27-25-23-21-19-14-12-10-8-6-4-2/h5,7,11,13,16-17,20,22,32-33,36H,3-4,6,8-10,12,14-15,18-19,21,23-31H2,1-2H3,(H,35,37)(H,38,39,40)/b7-5-,13-11-,17-16-,22-20-. The molecule has 0 rings (SSSR count). The van der Waals surface area contributed by atoms with Crippen molar-refractivity contribution in [2.45, 2.75) is 154 Å². The first-order valence-corrected chi connectivity index (χ1v) is 17.9. The number of hydrogen-bond acceptors (Lipinski definition) is 4. The molecule has 0 aliphatic rings. The summed E-state index contributed by atoms with van der Waals surface area (Å²) >= 11 is 0. The Labute approximate surface area is 252 Å². The summed E-state index contributed by atoms with van der Waals surface area (Å²) in [7, 11) is -4.31. The predicted octanol–water partition coefficient (Wildman–Crippen LogP) is 8.79. The average Bonchev–Trinajstić information content (AvgIpc) is 2.92. The molecule has 7 heteroatoms. The number of nitrogens with one attached hydrogen (secondary N) is 1. The summed E-state index contributed by atoms with van der Waals surface area (Å²) in [4.78, 5) is 12.4. The molecule has 238 valence electrons. The second kappa shape index (κ2) is 28.4. The lowest BCUT2D eigenvalue weighted by Gasteiger charge is -2.23. The fourth-order valence-electron chi connectivity index (χ4n) is 4.62. The quantitative estimate of drug-likeness (QED) is 0.0476. The van der Waals surface area contributed by atoms with Gasteiger partial charge in [-0.05, 0) is 51.4 Å². The van der Waals surface area contributed by atoms with E-state index >= 15 is 0 Å². The van der Waals surface area contributed by atoms with Gasteiger partial charge in [0.25, 0.3) is 10.1 Å². The number of carbonyl (C=O) groups is 1. The van der Waals surface area contributed by atoms with Gasteiger partial charge in [0.2, 0.25) is 5.91 Å². The lowest BCUT2D eigenvalue weighted by molar-refractivity contribution is -0.122. The van der Waals surface area contributed by atoms with E-state index in [2.05, 4.69) is 67.8 Å². The highest BCUT2D eigenvalue weighted by molar-refractivity contribution is 7.85. The first kappa shape index (κ1) is 39.3. The van der Waals surface area contributed by atoms with Crippen LogP contribution in [0.25, 0.3) is 0 Å². The minimum Gasteiger partial charge on any atom is -0.391 e. The van der Waals surface area contributed by atoms with Gasteiger partial charge in [-0.3, -0.25) is 9.35 Å². The third-order valence-electron chi connectivity index (χ3n) is 7.05. The van der Waals surface area contributed by atoms with Gasteiger partial charge in [0.05, 0.1) is 17.9 Å². The Hall–Kier alpha value is -1.70. The van der Waals surface area contributed by atoms with Crippen LogP contribution in [0.5, 0.6) is 0 Å². The van der Waals surface area contributed by atoms with E-state index in [-0.39, 0.29) is 12.3 Å². The van der Waals surface area contributed by atoms with Crippen molar-refractivity contribution in [1.29, 1.82) is 0 Å². The van der Waals surface area contributed by atoms with Crippen LogP contribution in [0.15, 0.2) is 48.6 Å². The molecule has 0 saturated carbocycles. The Balaban J connectivity index is 4.10. The number of rotatable bonds is 28. The number of unbranched alkanes of at least 4 members (excludes halogenated alkanes) is 12. The summed E-state index contributed by atoms with van der Waals surface area (Å²) in [5.74, 6) is -0.957. The van der Waals surface area contributed by atoms with E-state index < -0.39 is 28.0 Å². The fraction of sp³-hybridized carbons (Fsp3) is 0.735. The molecular formula is C34H61NO5S. The predicted molar refractivity (Wildman–Crippen MR) is 175 cm³/mol. The van der Waals surface area contributed by atoms with Gasteiger partial charge in [0.15, 0.2) is 0 Å². The van der Waals surface area contributed by atoms with Gasteiger partial charge in [-0.1, -0.05) is 133 Å². The van der Waals surface area contributed by atoms with Crippen molar-refractivity contribution in [2.75, 3.05) is 5.75 Å². The number of amides is 1. The van der Waals surface area contributed by atoms with Crippen LogP contribution < -0.4 is 5.32 Å². The third kappa shape index (κ3) is 29.6. The Bertz CT molecular complexity index is 832. The molecule has 0 bridgehead atoms. The highest BCUT2D eigenvalue weighted by atomic mass is 32.2. The van der Waals surface area contributed by atoms with Crippen LogP contribution in [0, 0.1) is 0 Å². The molecule has 0 spiro atoms. The van der Waals surface area contributed by atoms with Crippen molar-refractivity contribution in [3.63, 3.8) is 0 Å². The molecule has 0 aromatic rings. The van der Waals surface area contributed by atoms with Crippen molar-refractivity contribution in [3.8, 4) is 0 Å². The van der Waals surface area contributed by atoms with Gasteiger partial charge in [-0.25, -0.2) is 0 Å². The monoisotopic (exact) mass is 595 g/mol. The van der Waals surface area contributed by atoms with Gasteiger partial charge in [-0.15, -0.1) is 0 Å². The Morgan fingerprint density at radius 3 is 1.68 bits per heavy atom. The van der Waals surface area contributed by atoms with Gasteiger partial charge >= 0.3 is 0 Å². The fourth-order valence-corrected chi connectivity index (χ4v) is 5.38. The summed E-state index contributed by atoms with van der Waals surface area (Å²) < 4.78 is 32.3. The van der Waals surface area contributed by atoms with Gasteiger partial charge in [0.1, 0.15) is 0 Å². The average molecular weight is 596 g/mol. The lowest BCUT2D eigenvalue weighted by atomic mass is 10.0. The summed E-state index contributed by atoms with van der Waals surface area (Å²) in [6.07, 6.45) is 36.3. The van der Waals surface area contributed by atoms with E-state index in [0.29, 0.717) is 12.8 Å². The van der Waals surface area contributed by atoms with Crippen LogP contribution in [0.3, 0.4) is 0 Å². The summed E-state index contributed by atoms with van der Waals surface area (Å²) in [5.41, 5.74) is 0. The van der Waals surface area contributed by atoms with Crippen LogP contribution in [-0.4, -0.2) is 41.9 Å². The molecule has 0 aliphatic carbocycles. The lowest BCUT2D eigenvalue weighted by Crippen LogP contribution is -2.47. The number of aliphatic hydroxyl groups is 1. The van der Waals surface area contributed by atoms with Gasteiger partial charge in [0, 0.05) is 6.42 Å². The van der Waals surface area contributed by atoms with Crippen molar-refractivity contribution in [2.24, 2.45) is 0 Å². The Morgan fingerprint density at radius 1 is 0.683 bits per heavy atom. The van der Waals surface area contributed by atoms with E-state index in [1.165, 1.54) is 51.4 Å². The maximum atomic E-state index is 12.4. The van der Waals surface area contributed by atoms with Crippen molar-refractivity contribution in [3.05, 3.63) is 48.6 Å². The molecule has 0 aromatic carbocycles. The van der Waals surface area contributed by atoms with Gasteiger partial charge < -0.3 is 10.4 Å². The maximum absolute atomic E-state index is 12.4. The van der Waals surface area contributed by atoms with Crippen LogP contribution in [0.4, 0.5) is 0 Å². The van der Waals surface area contributed by atoms with E-state index in [0.717, 1.165) is 57.8 Å². The molecule has 0 fully saturated rings. The number of carbonyl (C=O) groups excluding carboxylic acids is 1.